The maximum Gasteiger partial charge on any atom is 0.409 e. The third-order valence-electron chi connectivity index (χ3n) is 5.35. The fraction of sp³-hybridized carbons (Fsp3) is 0.524. The van der Waals surface area contributed by atoms with E-state index in [-0.39, 0.29) is 30.4 Å². The van der Waals surface area contributed by atoms with E-state index in [1.807, 2.05) is 49.1 Å². The monoisotopic (exact) mass is 432 g/mol. The van der Waals surface area contributed by atoms with Crippen molar-refractivity contribution >= 4 is 40.9 Å². The molecule has 2 saturated heterocycles. The number of para-hydroxylation sites is 1. The van der Waals surface area contributed by atoms with Gasteiger partial charge in [0, 0.05) is 32.2 Å². The van der Waals surface area contributed by atoms with E-state index >= 15 is 0 Å². The lowest BCUT2D eigenvalue weighted by Crippen LogP contribution is -2.52. The number of nitrogens with zero attached hydrogens (tertiary/aromatic N) is 4. The van der Waals surface area contributed by atoms with E-state index in [0.717, 1.165) is 0 Å². The maximum absolute atomic E-state index is 13.2. The molecule has 1 atom stereocenters. The normalized spacial score (nSPS) is 19.7. The van der Waals surface area contributed by atoms with Gasteiger partial charge in [-0.3, -0.25) is 14.5 Å². The van der Waals surface area contributed by atoms with Crippen LogP contribution in [0.3, 0.4) is 0 Å². The van der Waals surface area contributed by atoms with Crippen LogP contribution in [0.4, 0.5) is 10.5 Å². The number of benzene rings is 1. The minimum atomic E-state index is -0.631. The van der Waals surface area contributed by atoms with Crippen molar-refractivity contribution in [2.45, 2.75) is 39.3 Å². The van der Waals surface area contributed by atoms with E-state index in [2.05, 4.69) is 0 Å². The molecule has 0 spiro atoms. The molecule has 0 saturated carbocycles. The third-order valence-corrected chi connectivity index (χ3v) is 5.74. The van der Waals surface area contributed by atoms with Crippen LogP contribution in [0.15, 0.2) is 30.3 Å². The smallest absolute Gasteiger partial charge is 0.409 e. The fourth-order valence-electron chi connectivity index (χ4n) is 3.84. The van der Waals surface area contributed by atoms with E-state index in [1.165, 1.54) is 4.90 Å². The molecule has 1 aromatic carbocycles. The number of thiocarbonyl (C=S) groups is 1. The highest BCUT2D eigenvalue weighted by atomic mass is 32.1. The van der Waals surface area contributed by atoms with Crippen molar-refractivity contribution in [3.8, 4) is 0 Å². The first kappa shape index (κ1) is 22.0. The van der Waals surface area contributed by atoms with Crippen LogP contribution in [0.5, 0.6) is 0 Å². The van der Waals surface area contributed by atoms with E-state index in [9.17, 15) is 14.4 Å². The molecule has 8 nitrogen and oxygen atoms in total. The summed E-state index contributed by atoms with van der Waals surface area (Å²) in [5, 5.41) is 0.422. The van der Waals surface area contributed by atoms with Crippen LogP contribution in [-0.2, 0) is 14.3 Å². The molecule has 1 aromatic rings. The first-order valence-corrected chi connectivity index (χ1v) is 10.7. The number of carbonyl (C=O) groups is 3. The minimum Gasteiger partial charge on any atom is -0.450 e. The zero-order valence-electron chi connectivity index (χ0n) is 17.6. The molecule has 2 fully saturated rings. The Balaban J connectivity index is 1.69. The van der Waals surface area contributed by atoms with Crippen LogP contribution in [-0.4, -0.2) is 82.6 Å². The van der Waals surface area contributed by atoms with Gasteiger partial charge in [0.05, 0.1) is 18.7 Å². The van der Waals surface area contributed by atoms with Crippen LogP contribution in [0.25, 0.3) is 0 Å². The Bertz CT molecular complexity index is 808. The molecule has 30 heavy (non-hydrogen) atoms. The number of carbonyl (C=O) groups excluding carboxylic acids is 3. The largest absolute Gasteiger partial charge is 0.450 e. The van der Waals surface area contributed by atoms with E-state index < -0.39 is 6.04 Å². The Labute approximate surface area is 182 Å². The summed E-state index contributed by atoms with van der Waals surface area (Å²) in [5.41, 5.74) is 0.705. The van der Waals surface area contributed by atoms with Crippen LogP contribution in [0.1, 0.15) is 27.2 Å². The van der Waals surface area contributed by atoms with Gasteiger partial charge in [0.2, 0.25) is 5.91 Å². The SMILES string of the molecule is CCOC(=O)N1CCN(C(=O)CC2C(=O)N(c3ccccc3)C(=S)N2C(C)C)CC1. The number of amides is 3. The molecule has 3 amide bonds. The van der Waals surface area contributed by atoms with Crippen LogP contribution < -0.4 is 4.90 Å². The van der Waals surface area contributed by atoms with E-state index in [0.29, 0.717) is 43.6 Å². The van der Waals surface area contributed by atoms with Crippen molar-refractivity contribution in [2.75, 3.05) is 37.7 Å². The molecular formula is C21H28N4O4S. The van der Waals surface area contributed by atoms with Gasteiger partial charge < -0.3 is 19.4 Å². The number of ether oxygens (including phenoxy) is 1. The highest BCUT2D eigenvalue weighted by Gasteiger charge is 2.45. The zero-order chi connectivity index (χ0) is 21.8. The Morgan fingerprint density at radius 3 is 2.27 bits per heavy atom. The Kier molecular flexibility index (Phi) is 6.91. The highest BCUT2D eigenvalue weighted by Crippen LogP contribution is 2.29. The predicted molar refractivity (Wildman–Crippen MR) is 117 cm³/mol. The number of piperazine rings is 1. The Morgan fingerprint density at radius 2 is 1.70 bits per heavy atom. The first-order chi connectivity index (χ1) is 14.3. The maximum atomic E-state index is 13.2. The van der Waals surface area contributed by atoms with Gasteiger partial charge >= 0.3 is 6.09 Å². The van der Waals surface area contributed by atoms with Gasteiger partial charge in [0.15, 0.2) is 5.11 Å². The average molecular weight is 433 g/mol. The standard InChI is InChI=1S/C21H28N4O4S/c1-4-29-21(28)23-12-10-22(11-13-23)18(26)14-17-19(27)25(16-8-6-5-7-9-16)20(30)24(17)15(2)3/h5-9,15,17H,4,10-14H2,1-3H3. The van der Waals surface area contributed by atoms with Crippen molar-refractivity contribution in [3.63, 3.8) is 0 Å². The summed E-state index contributed by atoms with van der Waals surface area (Å²) < 4.78 is 5.02. The topological polar surface area (TPSA) is 73.4 Å². The molecule has 3 rings (SSSR count). The molecular weight excluding hydrogens is 404 g/mol. The summed E-state index contributed by atoms with van der Waals surface area (Å²) in [7, 11) is 0. The average Bonchev–Trinajstić information content (AvgIpc) is 2.98. The highest BCUT2D eigenvalue weighted by molar-refractivity contribution is 7.80. The lowest BCUT2D eigenvalue weighted by molar-refractivity contribution is -0.136. The molecule has 0 radical (unpaired) electrons. The first-order valence-electron chi connectivity index (χ1n) is 10.3. The second-order valence-electron chi connectivity index (χ2n) is 7.58. The summed E-state index contributed by atoms with van der Waals surface area (Å²) in [4.78, 5) is 44.7. The molecule has 0 N–H and O–H groups in total. The summed E-state index contributed by atoms with van der Waals surface area (Å²) >= 11 is 5.60. The van der Waals surface area contributed by atoms with Crippen LogP contribution in [0.2, 0.25) is 0 Å². The van der Waals surface area contributed by atoms with Gasteiger partial charge in [-0.1, -0.05) is 18.2 Å². The summed E-state index contributed by atoms with van der Waals surface area (Å²) in [6, 6.07) is 8.61. The van der Waals surface area contributed by atoms with Gasteiger partial charge in [0.1, 0.15) is 6.04 Å². The number of anilines is 1. The number of hydrogen-bond acceptors (Lipinski definition) is 5. The van der Waals surface area contributed by atoms with Crippen LogP contribution >= 0.6 is 12.2 Å². The lowest BCUT2D eigenvalue weighted by atomic mass is 10.1. The minimum absolute atomic E-state index is 0.0198. The third kappa shape index (κ3) is 4.40. The van der Waals surface area contributed by atoms with Crippen molar-refractivity contribution in [1.29, 1.82) is 0 Å². The molecule has 2 aliphatic heterocycles. The molecule has 9 heteroatoms. The molecule has 0 aliphatic carbocycles. The molecule has 2 aliphatic rings. The van der Waals surface area contributed by atoms with E-state index in [1.54, 1.807) is 16.7 Å². The summed E-state index contributed by atoms with van der Waals surface area (Å²) in [6.07, 6.45) is -0.301. The zero-order valence-corrected chi connectivity index (χ0v) is 18.4. The molecule has 0 bridgehead atoms. The van der Waals surface area contributed by atoms with Crippen molar-refractivity contribution in [3.05, 3.63) is 30.3 Å². The Morgan fingerprint density at radius 1 is 1.10 bits per heavy atom. The predicted octanol–water partition coefficient (Wildman–Crippen LogP) is 2.09. The van der Waals surface area contributed by atoms with Gasteiger partial charge in [0.25, 0.3) is 5.91 Å². The Hall–Kier alpha value is -2.68. The van der Waals surface area contributed by atoms with Crippen LogP contribution in [0, 0.1) is 0 Å². The summed E-state index contributed by atoms with van der Waals surface area (Å²) in [6.45, 7) is 7.70. The molecule has 1 unspecified atom stereocenters. The fourth-order valence-corrected chi connectivity index (χ4v) is 4.37. The number of rotatable bonds is 5. The number of hydrogen-bond donors (Lipinski definition) is 0. The van der Waals surface area contributed by atoms with Crippen molar-refractivity contribution < 1.29 is 19.1 Å². The quantitative estimate of drug-likeness (QED) is 0.664. The molecule has 2 heterocycles. The molecule has 0 aromatic heterocycles. The second kappa shape index (κ2) is 9.42. The van der Waals surface area contributed by atoms with Gasteiger partial charge in [-0.2, -0.15) is 0 Å². The van der Waals surface area contributed by atoms with Crippen molar-refractivity contribution in [2.24, 2.45) is 0 Å². The van der Waals surface area contributed by atoms with Gasteiger partial charge in [-0.15, -0.1) is 0 Å². The van der Waals surface area contributed by atoms with E-state index in [4.69, 9.17) is 17.0 Å². The molecule has 162 valence electrons. The second-order valence-corrected chi connectivity index (χ2v) is 7.94. The van der Waals surface area contributed by atoms with Crippen molar-refractivity contribution in [1.82, 2.24) is 14.7 Å². The lowest BCUT2D eigenvalue weighted by Gasteiger charge is -2.35. The summed E-state index contributed by atoms with van der Waals surface area (Å²) in [5.74, 6) is -0.293. The van der Waals surface area contributed by atoms with Gasteiger partial charge in [-0.25, -0.2) is 4.79 Å². The van der Waals surface area contributed by atoms with Gasteiger partial charge in [-0.05, 0) is 45.1 Å².